The summed E-state index contributed by atoms with van der Waals surface area (Å²) in [6.45, 7) is 1.92. The second-order valence-electron chi connectivity index (χ2n) is 3.52. The monoisotopic (exact) mass is 177 g/mol. The molecule has 2 atom stereocenters. The van der Waals surface area contributed by atoms with E-state index in [-0.39, 0.29) is 11.8 Å². The van der Waals surface area contributed by atoms with Crippen molar-refractivity contribution in [2.45, 2.75) is 19.3 Å². The number of aliphatic carboxylic acids is 1. The van der Waals surface area contributed by atoms with Crippen molar-refractivity contribution in [1.29, 1.82) is 0 Å². The van der Waals surface area contributed by atoms with Crippen molar-refractivity contribution in [3.8, 4) is 0 Å². The first-order valence-electron chi connectivity index (χ1n) is 4.34. The SMILES string of the molecule is Cc1ccc([C@@H]2C[C@H]2C(=O)O)cn1. The number of carbonyl (C=O) groups is 1. The minimum atomic E-state index is -0.689. The van der Waals surface area contributed by atoms with E-state index in [1.807, 2.05) is 19.1 Å². The number of aryl methyl sites for hydroxylation is 1. The predicted octanol–water partition coefficient (Wildman–Crippen LogP) is 1.58. The van der Waals surface area contributed by atoms with Crippen LogP contribution in [0.4, 0.5) is 0 Å². The number of carboxylic acid groups (broad SMARTS) is 1. The summed E-state index contributed by atoms with van der Waals surface area (Å²) in [5.74, 6) is -0.666. The van der Waals surface area contributed by atoms with Crippen molar-refractivity contribution in [1.82, 2.24) is 4.98 Å². The van der Waals surface area contributed by atoms with Crippen LogP contribution >= 0.6 is 0 Å². The zero-order valence-corrected chi connectivity index (χ0v) is 7.40. The minimum absolute atomic E-state index is 0.176. The van der Waals surface area contributed by atoms with Crippen LogP contribution in [0.2, 0.25) is 0 Å². The van der Waals surface area contributed by atoms with E-state index in [0.717, 1.165) is 17.7 Å². The molecule has 3 heteroatoms. The van der Waals surface area contributed by atoms with Crippen LogP contribution in [0, 0.1) is 12.8 Å². The molecule has 1 fully saturated rings. The third kappa shape index (κ3) is 1.54. The van der Waals surface area contributed by atoms with Crippen LogP contribution in [0.15, 0.2) is 18.3 Å². The third-order valence-corrected chi connectivity index (χ3v) is 2.47. The lowest BCUT2D eigenvalue weighted by atomic mass is 10.1. The Hall–Kier alpha value is -1.38. The fourth-order valence-electron chi connectivity index (χ4n) is 1.53. The minimum Gasteiger partial charge on any atom is -0.481 e. The average Bonchev–Trinajstić information content (AvgIpc) is 2.85. The van der Waals surface area contributed by atoms with E-state index in [9.17, 15) is 4.79 Å². The number of hydrogen-bond acceptors (Lipinski definition) is 2. The van der Waals surface area contributed by atoms with Gasteiger partial charge < -0.3 is 5.11 Å². The van der Waals surface area contributed by atoms with E-state index >= 15 is 0 Å². The molecule has 0 bridgehead atoms. The summed E-state index contributed by atoms with van der Waals surface area (Å²) < 4.78 is 0. The number of nitrogens with zero attached hydrogens (tertiary/aromatic N) is 1. The smallest absolute Gasteiger partial charge is 0.307 e. The first-order valence-corrected chi connectivity index (χ1v) is 4.34. The van der Waals surface area contributed by atoms with E-state index in [0.29, 0.717) is 0 Å². The molecule has 2 rings (SSSR count). The number of pyridine rings is 1. The van der Waals surface area contributed by atoms with Gasteiger partial charge in [-0.2, -0.15) is 0 Å². The molecule has 0 amide bonds. The predicted molar refractivity (Wildman–Crippen MR) is 47.5 cm³/mol. The maximum Gasteiger partial charge on any atom is 0.307 e. The van der Waals surface area contributed by atoms with Crippen molar-refractivity contribution < 1.29 is 9.90 Å². The van der Waals surface area contributed by atoms with Gasteiger partial charge in [-0.1, -0.05) is 6.07 Å². The molecule has 0 aliphatic heterocycles. The van der Waals surface area contributed by atoms with Gasteiger partial charge in [0.25, 0.3) is 0 Å². The third-order valence-electron chi connectivity index (χ3n) is 2.47. The van der Waals surface area contributed by atoms with Gasteiger partial charge >= 0.3 is 5.97 Å². The Morgan fingerprint density at radius 3 is 2.85 bits per heavy atom. The standard InChI is InChI=1S/C10H11NO2/c1-6-2-3-7(5-11-6)8-4-9(8)10(12)13/h2-3,5,8-9H,4H2,1H3,(H,12,13)/t8-,9+/m0/s1. The van der Waals surface area contributed by atoms with Crippen molar-refractivity contribution >= 4 is 5.97 Å². The van der Waals surface area contributed by atoms with Crippen LogP contribution in [0.1, 0.15) is 23.6 Å². The zero-order valence-electron chi connectivity index (χ0n) is 7.40. The molecule has 0 unspecified atom stereocenters. The molecule has 1 saturated carbocycles. The molecule has 1 N–H and O–H groups in total. The van der Waals surface area contributed by atoms with Crippen LogP contribution in [-0.4, -0.2) is 16.1 Å². The molecule has 1 aliphatic rings. The van der Waals surface area contributed by atoms with Crippen molar-refractivity contribution in [3.63, 3.8) is 0 Å². The molecule has 3 nitrogen and oxygen atoms in total. The lowest BCUT2D eigenvalue weighted by Gasteiger charge is -1.97. The summed E-state index contributed by atoms with van der Waals surface area (Å²) >= 11 is 0. The largest absolute Gasteiger partial charge is 0.481 e. The second-order valence-corrected chi connectivity index (χ2v) is 3.52. The first kappa shape index (κ1) is 8.23. The normalized spacial score (nSPS) is 25.6. The van der Waals surface area contributed by atoms with Crippen molar-refractivity contribution in [3.05, 3.63) is 29.6 Å². The lowest BCUT2D eigenvalue weighted by molar-refractivity contribution is -0.138. The lowest BCUT2D eigenvalue weighted by Crippen LogP contribution is -1.99. The highest BCUT2D eigenvalue weighted by atomic mass is 16.4. The quantitative estimate of drug-likeness (QED) is 0.746. The van der Waals surface area contributed by atoms with Gasteiger partial charge in [0.05, 0.1) is 5.92 Å². The Labute approximate surface area is 76.4 Å². The highest BCUT2D eigenvalue weighted by Crippen LogP contribution is 2.47. The van der Waals surface area contributed by atoms with E-state index in [2.05, 4.69) is 4.98 Å². The highest BCUT2D eigenvalue weighted by Gasteiger charge is 2.44. The van der Waals surface area contributed by atoms with Crippen LogP contribution in [0.3, 0.4) is 0 Å². The molecule has 0 spiro atoms. The molecule has 0 aromatic carbocycles. The number of rotatable bonds is 2. The van der Waals surface area contributed by atoms with E-state index in [1.54, 1.807) is 6.20 Å². The van der Waals surface area contributed by atoms with Gasteiger partial charge in [0.1, 0.15) is 0 Å². The highest BCUT2D eigenvalue weighted by molar-refractivity contribution is 5.75. The molecule has 1 aliphatic carbocycles. The van der Waals surface area contributed by atoms with Crippen molar-refractivity contribution in [2.75, 3.05) is 0 Å². The summed E-state index contributed by atoms with van der Waals surface area (Å²) in [6.07, 6.45) is 2.54. The molecule has 0 saturated heterocycles. The molecule has 13 heavy (non-hydrogen) atoms. The maximum atomic E-state index is 10.6. The topological polar surface area (TPSA) is 50.2 Å². The van der Waals surface area contributed by atoms with Crippen LogP contribution in [0.25, 0.3) is 0 Å². The van der Waals surface area contributed by atoms with Crippen LogP contribution in [-0.2, 0) is 4.79 Å². The van der Waals surface area contributed by atoms with Gasteiger partial charge in [0, 0.05) is 11.9 Å². The molecule has 0 radical (unpaired) electrons. The summed E-state index contributed by atoms with van der Waals surface area (Å²) in [5, 5.41) is 8.72. The fraction of sp³-hybridized carbons (Fsp3) is 0.400. The Bertz CT molecular complexity index is 331. The number of aromatic nitrogens is 1. The fourth-order valence-corrected chi connectivity index (χ4v) is 1.53. The molecule has 1 heterocycles. The molecule has 1 aromatic heterocycles. The number of hydrogen-bond donors (Lipinski definition) is 1. The van der Waals surface area contributed by atoms with Gasteiger partial charge in [-0.25, -0.2) is 0 Å². The van der Waals surface area contributed by atoms with Gasteiger partial charge in [-0.15, -0.1) is 0 Å². The molecular formula is C10H11NO2. The van der Waals surface area contributed by atoms with Crippen molar-refractivity contribution in [2.24, 2.45) is 5.92 Å². The van der Waals surface area contributed by atoms with E-state index in [1.165, 1.54) is 0 Å². The van der Waals surface area contributed by atoms with E-state index in [4.69, 9.17) is 5.11 Å². The second kappa shape index (κ2) is 2.83. The van der Waals surface area contributed by atoms with Gasteiger partial charge in [-0.3, -0.25) is 9.78 Å². The van der Waals surface area contributed by atoms with E-state index < -0.39 is 5.97 Å². The molecule has 1 aromatic rings. The van der Waals surface area contributed by atoms with Gasteiger partial charge in [0.2, 0.25) is 0 Å². The number of carboxylic acids is 1. The van der Waals surface area contributed by atoms with Gasteiger partial charge in [0.15, 0.2) is 0 Å². The summed E-state index contributed by atoms with van der Waals surface area (Å²) in [7, 11) is 0. The summed E-state index contributed by atoms with van der Waals surface area (Å²) in [4.78, 5) is 14.7. The van der Waals surface area contributed by atoms with Crippen LogP contribution in [0.5, 0.6) is 0 Å². The van der Waals surface area contributed by atoms with Crippen LogP contribution < -0.4 is 0 Å². The first-order chi connectivity index (χ1) is 6.18. The Balaban J connectivity index is 2.12. The summed E-state index contributed by atoms with van der Waals surface area (Å²) in [5.41, 5.74) is 2.02. The van der Waals surface area contributed by atoms with Gasteiger partial charge in [-0.05, 0) is 30.9 Å². The summed E-state index contributed by atoms with van der Waals surface area (Å²) in [6, 6.07) is 3.89. The Morgan fingerprint density at radius 2 is 2.38 bits per heavy atom. The molecular weight excluding hydrogens is 166 g/mol. The Kier molecular flexibility index (Phi) is 1.79. The maximum absolute atomic E-state index is 10.6. The zero-order chi connectivity index (χ0) is 9.42. The molecule has 68 valence electrons. The Morgan fingerprint density at radius 1 is 1.62 bits per heavy atom. The average molecular weight is 177 g/mol.